The molecule has 4 nitrogen and oxygen atoms in total. The number of hydrogen-bond acceptors (Lipinski definition) is 4. The van der Waals surface area contributed by atoms with Gasteiger partial charge in [-0.1, -0.05) is 26.0 Å². The minimum atomic E-state index is -5.03. The highest BCUT2D eigenvalue weighted by Crippen LogP contribution is 2.45. The van der Waals surface area contributed by atoms with Gasteiger partial charge in [-0.3, -0.25) is 0 Å². The average molecular weight is 434 g/mol. The van der Waals surface area contributed by atoms with E-state index in [1.165, 1.54) is 38.1 Å². The molecule has 1 unspecified atom stereocenters. The summed E-state index contributed by atoms with van der Waals surface area (Å²) in [7, 11) is -3.51. The standard InChI is InChI=1S/C20H22F4O4S/c1-18(2,16-10-14(21)6-9-17(16)25)12-19(26,20(22,23)24)11-13-4-7-15(8-5-13)29(3,27)28/h4-10,25-26H,11-12H2,1-3H3. The lowest BCUT2D eigenvalue weighted by molar-refractivity contribution is -0.266. The second kappa shape index (κ2) is 7.60. The van der Waals surface area contributed by atoms with Crippen molar-refractivity contribution in [1.82, 2.24) is 0 Å². The second-order valence-corrected chi connectivity index (χ2v) is 9.86. The van der Waals surface area contributed by atoms with Gasteiger partial charge in [0.2, 0.25) is 0 Å². The minimum Gasteiger partial charge on any atom is -0.508 e. The topological polar surface area (TPSA) is 74.6 Å². The summed E-state index contributed by atoms with van der Waals surface area (Å²) in [6.45, 7) is 2.73. The van der Waals surface area contributed by atoms with Gasteiger partial charge in [0.15, 0.2) is 15.4 Å². The maximum Gasteiger partial charge on any atom is 0.417 e. The number of sulfone groups is 1. The SMILES string of the molecule is CC(C)(CC(O)(Cc1ccc(S(C)(=O)=O)cc1)C(F)(F)F)c1cc(F)ccc1O. The summed E-state index contributed by atoms with van der Waals surface area (Å²) in [6, 6.07) is 7.72. The Labute approximate surface area is 166 Å². The van der Waals surface area contributed by atoms with Gasteiger partial charge in [0.25, 0.3) is 0 Å². The van der Waals surface area contributed by atoms with Crippen LogP contribution in [0.4, 0.5) is 17.6 Å². The van der Waals surface area contributed by atoms with E-state index in [9.17, 15) is 36.2 Å². The first-order chi connectivity index (χ1) is 13.1. The quantitative estimate of drug-likeness (QED) is 0.671. The molecule has 0 bridgehead atoms. The zero-order valence-corrected chi connectivity index (χ0v) is 16.9. The van der Waals surface area contributed by atoms with Crippen molar-refractivity contribution < 1.29 is 36.2 Å². The molecule has 0 saturated heterocycles. The first-order valence-electron chi connectivity index (χ1n) is 8.62. The van der Waals surface area contributed by atoms with Gasteiger partial charge in [-0.25, -0.2) is 12.8 Å². The molecule has 1 atom stereocenters. The second-order valence-electron chi connectivity index (χ2n) is 7.84. The molecule has 0 saturated carbocycles. The number of phenols is 1. The van der Waals surface area contributed by atoms with Crippen LogP contribution in [0.2, 0.25) is 0 Å². The molecule has 0 heterocycles. The molecule has 0 radical (unpaired) electrons. The summed E-state index contributed by atoms with van der Waals surface area (Å²) in [5.74, 6) is -1.10. The van der Waals surface area contributed by atoms with E-state index >= 15 is 0 Å². The third kappa shape index (κ3) is 5.27. The Morgan fingerprint density at radius 1 is 1.00 bits per heavy atom. The van der Waals surface area contributed by atoms with Gasteiger partial charge in [-0.2, -0.15) is 13.2 Å². The van der Waals surface area contributed by atoms with Crippen molar-refractivity contribution in [1.29, 1.82) is 0 Å². The molecule has 0 aliphatic carbocycles. The van der Waals surface area contributed by atoms with Crippen molar-refractivity contribution in [2.75, 3.05) is 6.26 Å². The summed E-state index contributed by atoms with van der Waals surface area (Å²) in [4.78, 5) is -0.0539. The average Bonchev–Trinajstić information content (AvgIpc) is 2.55. The predicted octanol–water partition coefficient (Wildman–Crippen LogP) is 4.14. The fraction of sp³-hybridized carbons (Fsp3) is 0.400. The molecule has 0 aliphatic heterocycles. The number of hydrogen-bond donors (Lipinski definition) is 2. The first kappa shape index (κ1) is 23.2. The number of aromatic hydroxyl groups is 1. The Morgan fingerprint density at radius 2 is 1.55 bits per heavy atom. The maximum absolute atomic E-state index is 13.8. The van der Waals surface area contributed by atoms with Crippen LogP contribution >= 0.6 is 0 Å². The third-order valence-corrected chi connectivity index (χ3v) is 5.93. The van der Waals surface area contributed by atoms with Gasteiger partial charge >= 0.3 is 6.18 Å². The zero-order chi connectivity index (χ0) is 22.3. The molecule has 2 aromatic carbocycles. The Bertz CT molecular complexity index is 983. The molecule has 0 fully saturated rings. The first-order valence-corrected chi connectivity index (χ1v) is 10.5. The summed E-state index contributed by atoms with van der Waals surface area (Å²) in [5, 5.41) is 20.5. The van der Waals surface area contributed by atoms with Gasteiger partial charge in [0, 0.05) is 18.2 Å². The van der Waals surface area contributed by atoms with Crippen LogP contribution in [0.1, 0.15) is 31.4 Å². The molecule has 0 aliphatic rings. The number of benzene rings is 2. The Kier molecular flexibility index (Phi) is 6.07. The fourth-order valence-electron chi connectivity index (χ4n) is 3.33. The predicted molar refractivity (Wildman–Crippen MR) is 100.0 cm³/mol. The molecule has 9 heteroatoms. The number of phenolic OH excluding ortho intramolecular Hbond substituents is 1. The number of alkyl halides is 3. The lowest BCUT2D eigenvalue weighted by Crippen LogP contribution is -2.50. The molecule has 0 aromatic heterocycles. The third-order valence-electron chi connectivity index (χ3n) is 4.80. The summed E-state index contributed by atoms with van der Waals surface area (Å²) < 4.78 is 78.0. The van der Waals surface area contributed by atoms with E-state index in [1.54, 1.807) is 0 Å². The molecule has 0 amide bonds. The van der Waals surface area contributed by atoms with Crippen molar-refractivity contribution in [3.63, 3.8) is 0 Å². The molecule has 2 aromatic rings. The van der Waals surface area contributed by atoms with E-state index in [-0.39, 0.29) is 21.8 Å². The monoisotopic (exact) mass is 434 g/mol. The highest BCUT2D eigenvalue weighted by atomic mass is 32.2. The van der Waals surface area contributed by atoms with Crippen molar-refractivity contribution in [2.45, 2.75) is 48.8 Å². The van der Waals surface area contributed by atoms with Crippen molar-refractivity contribution >= 4 is 9.84 Å². The Hall–Kier alpha value is -2.13. The fourth-order valence-corrected chi connectivity index (χ4v) is 3.96. The van der Waals surface area contributed by atoms with Crippen LogP contribution < -0.4 is 0 Å². The Morgan fingerprint density at radius 3 is 2.03 bits per heavy atom. The van der Waals surface area contributed by atoms with Crippen LogP contribution in [0.3, 0.4) is 0 Å². The highest BCUT2D eigenvalue weighted by Gasteiger charge is 2.56. The van der Waals surface area contributed by atoms with E-state index < -0.39 is 45.7 Å². The van der Waals surface area contributed by atoms with Crippen LogP contribution in [0, 0.1) is 5.82 Å². The van der Waals surface area contributed by atoms with Gasteiger partial charge in [0.05, 0.1) is 4.90 Å². The lowest BCUT2D eigenvalue weighted by Gasteiger charge is -2.38. The minimum absolute atomic E-state index is 0.0539. The molecule has 29 heavy (non-hydrogen) atoms. The highest BCUT2D eigenvalue weighted by molar-refractivity contribution is 7.90. The molecule has 2 rings (SSSR count). The van der Waals surface area contributed by atoms with E-state index in [2.05, 4.69) is 0 Å². The van der Waals surface area contributed by atoms with Gasteiger partial charge < -0.3 is 10.2 Å². The van der Waals surface area contributed by atoms with Crippen molar-refractivity contribution in [3.8, 4) is 5.75 Å². The van der Waals surface area contributed by atoms with Gasteiger partial charge in [-0.15, -0.1) is 0 Å². The normalized spacial score (nSPS) is 15.2. The Balaban J connectivity index is 2.41. The van der Waals surface area contributed by atoms with E-state index in [0.717, 1.165) is 24.5 Å². The smallest absolute Gasteiger partial charge is 0.417 e. The van der Waals surface area contributed by atoms with Gasteiger partial charge in [0.1, 0.15) is 11.6 Å². The maximum atomic E-state index is 13.8. The molecule has 0 spiro atoms. The number of aliphatic hydroxyl groups is 1. The van der Waals surface area contributed by atoms with Crippen LogP contribution in [0.25, 0.3) is 0 Å². The molecular weight excluding hydrogens is 412 g/mol. The van der Waals surface area contributed by atoms with Crippen molar-refractivity contribution in [3.05, 3.63) is 59.4 Å². The van der Waals surface area contributed by atoms with E-state index in [1.807, 2.05) is 0 Å². The summed E-state index contributed by atoms with van der Waals surface area (Å²) in [6.07, 6.45) is -5.74. The largest absolute Gasteiger partial charge is 0.508 e. The lowest BCUT2D eigenvalue weighted by atomic mass is 9.72. The molecule has 160 valence electrons. The number of rotatable bonds is 6. The van der Waals surface area contributed by atoms with E-state index in [4.69, 9.17) is 0 Å². The van der Waals surface area contributed by atoms with E-state index in [0.29, 0.717) is 0 Å². The van der Waals surface area contributed by atoms with Crippen LogP contribution in [0.5, 0.6) is 5.75 Å². The van der Waals surface area contributed by atoms with Crippen LogP contribution in [0.15, 0.2) is 47.4 Å². The summed E-state index contributed by atoms with van der Waals surface area (Å²) in [5.41, 5.74) is -4.60. The zero-order valence-electron chi connectivity index (χ0n) is 16.1. The summed E-state index contributed by atoms with van der Waals surface area (Å²) >= 11 is 0. The molecular formula is C20H22F4O4S. The van der Waals surface area contributed by atoms with Crippen LogP contribution in [-0.4, -0.2) is 36.7 Å². The molecule has 2 N–H and O–H groups in total. The van der Waals surface area contributed by atoms with Crippen molar-refractivity contribution in [2.24, 2.45) is 0 Å². The van der Waals surface area contributed by atoms with Crippen LogP contribution in [-0.2, 0) is 21.7 Å². The number of halogens is 4. The van der Waals surface area contributed by atoms with Gasteiger partial charge in [-0.05, 0) is 47.7 Å².